The number of rotatable bonds is 3. The van der Waals surface area contributed by atoms with Crippen LogP contribution in [-0.4, -0.2) is 23.6 Å². The summed E-state index contributed by atoms with van der Waals surface area (Å²) in [6.07, 6.45) is 4.07. The molecule has 2 aromatic rings. The third-order valence-corrected chi connectivity index (χ3v) is 3.44. The molecule has 5 heteroatoms. The maximum Gasteiger partial charge on any atom is 0.165 e. The Morgan fingerprint density at radius 2 is 2.32 bits per heavy atom. The van der Waals surface area contributed by atoms with Crippen LogP contribution in [0.5, 0.6) is 5.75 Å². The van der Waals surface area contributed by atoms with Crippen LogP contribution in [0.3, 0.4) is 0 Å². The Kier molecular flexibility index (Phi) is 3.21. The van der Waals surface area contributed by atoms with Crippen LogP contribution in [0.15, 0.2) is 24.4 Å². The van der Waals surface area contributed by atoms with E-state index < -0.39 is 0 Å². The van der Waals surface area contributed by atoms with E-state index in [2.05, 4.69) is 15.3 Å². The first-order chi connectivity index (χ1) is 9.28. The lowest BCUT2D eigenvalue weighted by molar-refractivity contribution is 0.386. The van der Waals surface area contributed by atoms with E-state index in [9.17, 15) is 4.39 Å². The van der Waals surface area contributed by atoms with Gasteiger partial charge in [0.05, 0.1) is 18.8 Å². The molecule has 0 radical (unpaired) electrons. The first kappa shape index (κ1) is 12.2. The van der Waals surface area contributed by atoms with Crippen LogP contribution in [0.4, 0.5) is 4.39 Å². The van der Waals surface area contributed by atoms with Gasteiger partial charge in [-0.15, -0.1) is 0 Å². The first-order valence-electron chi connectivity index (χ1n) is 6.40. The first-order valence-corrected chi connectivity index (χ1v) is 6.40. The topological polar surface area (TPSA) is 49.9 Å². The fourth-order valence-corrected chi connectivity index (χ4v) is 2.41. The van der Waals surface area contributed by atoms with E-state index in [1.807, 2.05) is 12.3 Å². The Hall–Kier alpha value is -1.88. The van der Waals surface area contributed by atoms with Crippen LogP contribution in [0.25, 0.3) is 11.3 Å². The Bertz CT molecular complexity index is 576. The van der Waals surface area contributed by atoms with Crippen molar-refractivity contribution in [2.75, 3.05) is 13.7 Å². The molecule has 4 nitrogen and oxygen atoms in total. The van der Waals surface area contributed by atoms with E-state index in [-0.39, 0.29) is 17.6 Å². The number of nitrogens with one attached hydrogen (secondary N) is 2. The molecule has 1 aliphatic heterocycles. The Labute approximate surface area is 111 Å². The number of aromatic amines is 1. The fraction of sp³-hybridized carbons (Fsp3) is 0.357. The van der Waals surface area contributed by atoms with Crippen molar-refractivity contribution in [2.24, 2.45) is 0 Å². The number of imidazole rings is 1. The maximum absolute atomic E-state index is 13.7. The zero-order valence-electron chi connectivity index (χ0n) is 10.7. The van der Waals surface area contributed by atoms with Crippen LogP contribution in [0, 0.1) is 5.82 Å². The van der Waals surface area contributed by atoms with Crippen LogP contribution in [-0.2, 0) is 0 Å². The molecule has 1 aromatic heterocycles. The van der Waals surface area contributed by atoms with Crippen LogP contribution >= 0.6 is 0 Å². The van der Waals surface area contributed by atoms with E-state index in [1.54, 1.807) is 6.07 Å². The molecule has 0 saturated carbocycles. The maximum atomic E-state index is 13.7. The fourth-order valence-electron chi connectivity index (χ4n) is 2.41. The van der Waals surface area contributed by atoms with E-state index in [1.165, 1.54) is 13.2 Å². The minimum atomic E-state index is -0.372. The van der Waals surface area contributed by atoms with Gasteiger partial charge in [-0.2, -0.15) is 0 Å². The molecule has 0 amide bonds. The number of halogens is 1. The predicted octanol–water partition coefficient (Wildman–Crippen LogP) is 2.65. The molecule has 1 aliphatic rings. The molecule has 19 heavy (non-hydrogen) atoms. The molecule has 1 saturated heterocycles. The summed E-state index contributed by atoms with van der Waals surface area (Å²) in [5.41, 5.74) is 1.50. The molecule has 1 atom stereocenters. The van der Waals surface area contributed by atoms with Crippen molar-refractivity contribution >= 4 is 0 Å². The molecular formula is C14H16FN3O. The van der Waals surface area contributed by atoms with E-state index in [0.717, 1.165) is 36.5 Å². The molecule has 0 bridgehead atoms. The van der Waals surface area contributed by atoms with Gasteiger partial charge in [-0.3, -0.25) is 0 Å². The monoisotopic (exact) mass is 261 g/mol. The summed E-state index contributed by atoms with van der Waals surface area (Å²) in [5.74, 6) is 0.796. The zero-order chi connectivity index (χ0) is 13.2. The zero-order valence-corrected chi connectivity index (χ0v) is 10.7. The summed E-state index contributed by atoms with van der Waals surface area (Å²) in [6, 6.07) is 5.16. The van der Waals surface area contributed by atoms with Crippen molar-refractivity contribution in [3.8, 4) is 17.0 Å². The second kappa shape index (κ2) is 5.01. The molecule has 2 N–H and O–H groups in total. The normalized spacial score (nSPS) is 18.7. The lowest BCUT2D eigenvalue weighted by atomic mass is 10.1. The summed E-state index contributed by atoms with van der Waals surface area (Å²) >= 11 is 0. The lowest BCUT2D eigenvalue weighted by Gasteiger charge is -2.05. The van der Waals surface area contributed by atoms with Gasteiger partial charge in [-0.05, 0) is 37.6 Å². The minimum Gasteiger partial charge on any atom is -0.494 e. The molecular weight excluding hydrogens is 245 g/mol. The lowest BCUT2D eigenvalue weighted by Crippen LogP contribution is -2.14. The average molecular weight is 261 g/mol. The molecule has 3 rings (SSSR count). The number of hydrogen-bond donors (Lipinski definition) is 2. The van der Waals surface area contributed by atoms with Crippen molar-refractivity contribution in [3.05, 3.63) is 36.0 Å². The van der Waals surface area contributed by atoms with E-state index >= 15 is 0 Å². The van der Waals surface area contributed by atoms with Gasteiger partial charge in [0.25, 0.3) is 0 Å². The van der Waals surface area contributed by atoms with Crippen LogP contribution in [0.2, 0.25) is 0 Å². The smallest absolute Gasteiger partial charge is 0.165 e. The molecule has 0 aliphatic carbocycles. The van der Waals surface area contributed by atoms with Gasteiger partial charge in [0.1, 0.15) is 5.82 Å². The number of nitrogens with zero attached hydrogens (tertiary/aromatic N) is 1. The highest BCUT2D eigenvalue weighted by atomic mass is 19.1. The molecule has 100 valence electrons. The Morgan fingerprint density at radius 1 is 1.42 bits per heavy atom. The third-order valence-electron chi connectivity index (χ3n) is 3.44. The van der Waals surface area contributed by atoms with Crippen molar-refractivity contribution < 1.29 is 9.13 Å². The van der Waals surface area contributed by atoms with E-state index in [0.29, 0.717) is 0 Å². The standard InChI is InChI=1S/C14H16FN3O/c1-19-13-5-4-9(7-10(13)15)12-8-17-14(18-12)11-3-2-6-16-11/h4-5,7-8,11,16H,2-3,6H2,1H3,(H,17,18)/t11-/m0/s1. The van der Waals surface area contributed by atoms with Crippen molar-refractivity contribution in [2.45, 2.75) is 18.9 Å². The number of methoxy groups -OCH3 is 1. The highest BCUT2D eigenvalue weighted by Crippen LogP contribution is 2.26. The quantitative estimate of drug-likeness (QED) is 0.893. The number of benzene rings is 1. The van der Waals surface area contributed by atoms with Crippen molar-refractivity contribution in [1.82, 2.24) is 15.3 Å². The number of ether oxygens (including phenoxy) is 1. The van der Waals surface area contributed by atoms with Crippen molar-refractivity contribution in [3.63, 3.8) is 0 Å². The summed E-state index contributed by atoms with van der Waals surface area (Å²) in [4.78, 5) is 7.70. The number of H-pyrrole nitrogens is 1. The van der Waals surface area contributed by atoms with Gasteiger partial charge in [0.2, 0.25) is 0 Å². The SMILES string of the molecule is COc1ccc(-c2c[nH]c([C@@H]3CCCN3)n2)cc1F. The van der Waals surface area contributed by atoms with Gasteiger partial charge < -0.3 is 15.0 Å². The van der Waals surface area contributed by atoms with Crippen LogP contribution < -0.4 is 10.1 Å². The van der Waals surface area contributed by atoms with Gasteiger partial charge >= 0.3 is 0 Å². The highest BCUT2D eigenvalue weighted by molar-refractivity contribution is 5.60. The molecule has 1 fully saturated rings. The summed E-state index contributed by atoms with van der Waals surface area (Å²) in [5, 5.41) is 3.38. The molecule has 0 spiro atoms. The average Bonchev–Trinajstić information content (AvgIpc) is 3.09. The molecule has 1 aromatic carbocycles. The number of aromatic nitrogens is 2. The highest BCUT2D eigenvalue weighted by Gasteiger charge is 2.19. The number of hydrogen-bond acceptors (Lipinski definition) is 3. The predicted molar refractivity (Wildman–Crippen MR) is 70.5 cm³/mol. The minimum absolute atomic E-state index is 0.247. The Balaban J connectivity index is 1.87. The molecule has 2 heterocycles. The van der Waals surface area contributed by atoms with Gasteiger partial charge in [-0.1, -0.05) is 0 Å². The van der Waals surface area contributed by atoms with Gasteiger partial charge in [-0.25, -0.2) is 9.37 Å². The summed E-state index contributed by atoms with van der Waals surface area (Å²) in [7, 11) is 1.45. The molecule has 0 unspecified atom stereocenters. The third kappa shape index (κ3) is 2.33. The van der Waals surface area contributed by atoms with Crippen molar-refractivity contribution in [1.29, 1.82) is 0 Å². The van der Waals surface area contributed by atoms with Crippen LogP contribution in [0.1, 0.15) is 24.7 Å². The van der Waals surface area contributed by atoms with Gasteiger partial charge in [0.15, 0.2) is 11.6 Å². The van der Waals surface area contributed by atoms with Gasteiger partial charge in [0, 0.05) is 11.8 Å². The van der Waals surface area contributed by atoms with E-state index in [4.69, 9.17) is 4.74 Å². The summed E-state index contributed by atoms with van der Waals surface area (Å²) in [6.45, 7) is 1.03. The largest absolute Gasteiger partial charge is 0.494 e. The Morgan fingerprint density at radius 3 is 3.00 bits per heavy atom. The second-order valence-electron chi connectivity index (χ2n) is 4.67. The summed E-state index contributed by atoms with van der Waals surface area (Å²) < 4.78 is 18.6. The second-order valence-corrected chi connectivity index (χ2v) is 4.67.